The molecule has 0 atom stereocenters. The number of nitrogens with zero attached hydrogens (tertiary/aromatic N) is 1. The van der Waals surface area contributed by atoms with Crippen molar-refractivity contribution < 1.29 is 9.32 Å². The quantitative estimate of drug-likeness (QED) is 0.891. The highest BCUT2D eigenvalue weighted by molar-refractivity contribution is 6.31. The van der Waals surface area contributed by atoms with Crippen LogP contribution in [0, 0.1) is 13.8 Å². The van der Waals surface area contributed by atoms with Crippen LogP contribution in [-0.2, 0) is 0 Å². The molecule has 0 spiro atoms. The molecule has 2 aromatic rings. The lowest BCUT2D eigenvalue weighted by atomic mass is 10.2. The number of anilines is 1. The second-order valence-electron chi connectivity index (χ2n) is 3.68. The van der Waals surface area contributed by atoms with Crippen LogP contribution in [0.15, 0.2) is 29.0 Å². The molecule has 0 aliphatic heterocycles. The number of aryl methyl sites for hydroxylation is 1. The summed E-state index contributed by atoms with van der Waals surface area (Å²) in [4.78, 5) is 11.9. The number of amides is 1. The van der Waals surface area contributed by atoms with Gasteiger partial charge in [0.1, 0.15) is 11.8 Å². The highest BCUT2D eigenvalue weighted by Crippen LogP contribution is 2.23. The normalized spacial score (nSPS) is 10.3. The van der Waals surface area contributed by atoms with E-state index in [9.17, 15) is 4.79 Å². The van der Waals surface area contributed by atoms with Gasteiger partial charge in [0, 0.05) is 10.7 Å². The first-order chi connectivity index (χ1) is 8.09. The Morgan fingerprint density at radius 3 is 2.82 bits per heavy atom. The lowest BCUT2D eigenvalue weighted by Crippen LogP contribution is -2.13. The largest absolute Gasteiger partial charge is 0.364 e. The van der Waals surface area contributed by atoms with E-state index < -0.39 is 0 Å². The van der Waals surface area contributed by atoms with Gasteiger partial charge in [-0.15, -0.1) is 0 Å². The van der Waals surface area contributed by atoms with E-state index in [1.54, 1.807) is 25.1 Å². The highest BCUT2D eigenvalue weighted by atomic mass is 35.5. The molecule has 1 aromatic carbocycles. The molecular formula is C12H11ClN2O2. The van der Waals surface area contributed by atoms with Crippen LogP contribution in [0.4, 0.5) is 5.69 Å². The Labute approximate surface area is 104 Å². The zero-order chi connectivity index (χ0) is 12.4. The van der Waals surface area contributed by atoms with Gasteiger partial charge in [-0.1, -0.05) is 22.8 Å². The second-order valence-corrected chi connectivity index (χ2v) is 4.09. The number of rotatable bonds is 2. The van der Waals surface area contributed by atoms with E-state index in [0.717, 1.165) is 5.56 Å². The van der Waals surface area contributed by atoms with Gasteiger partial charge >= 0.3 is 0 Å². The molecule has 0 aliphatic carbocycles. The fourth-order valence-corrected chi connectivity index (χ4v) is 1.62. The smallest absolute Gasteiger partial charge is 0.260 e. The van der Waals surface area contributed by atoms with Gasteiger partial charge in [-0.3, -0.25) is 4.79 Å². The van der Waals surface area contributed by atoms with Gasteiger partial charge < -0.3 is 9.84 Å². The average molecular weight is 251 g/mol. The van der Waals surface area contributed by atoms with Crippen LogP contribution in [-0.4, -0.2) is 11.1 Å². The molecule has 0 saturated heterocycles. The van der Waals surface area contributed by atoms with Gasteiger partial charge in [0.15, 0.2) is 0 Å². The van der Waals surface area contributed by atoms with Crippen molar-refractivity contribution >= 4 is 23.2 Å². The minimum atomic E-state index is -0.255. The lowest BCUT2D eigenvalue weighted by molar-refractivity contribution is 0.102. The molecule has 1 amide bonds. The molecule has 1 heterocycles. The maximum absolute atomic E-state index is 11.9. The third-order valence-electron chi connectivity index (χ3n) is 2.51. The standard InChI is InChI=1S/C12H11ClN2O2/c1-7-10(13)4-3-5-11(7)14-12(16)9-6-17-15-8(9)2/h3-6H,1-2H3,(H,14,16). The predicted molar refractivity (Wildman–Crippen MR) is 65.4 cm³/mol. The SMILES string of the molecule is Cc1nocc1C(=O)Nc1cccc(Cl)c1C. The summed E-state index contributed by atoms with van der Waals surface area (Å²) in [6, 6.07) is 5.35. The van der Waals surface area contributed by atoms with Gasteiger partial charge in [0.25, 0.3) is 5.91 Å². The fourth-order valence-electron chi connectivity index (χ4n) is 1.44. The van der Waals surface area contributed by atoms with Crippen molar-refractivity contribution in [1.29, 1.82) is 0 Å². The molecule has 17 heavy (non-hydrogen) atoms. The summed E-state index contributed by atoms with van der Waals surface area (Å²) in [7, 11) is 0. The molecular weight excluding hydrogens is 240 g/mol. The molecule has 1 aromatic heterocycles. The summed E-state index contributed by atoms with van der Waals surface area (Å²) >= 11 is 5.97. The molecule has 1 N–H and O–H groups in total. The topological polar surface area (TPSA) is 55.1 Å². The summed E-state index contributed by atoms with van der Waals surface area (Å²) in [6.07, 6.45) is 1.32. The molecule has 0 fully saturated rings. The molecule has 4 nitrogen and oxygen atoms in total. The van der Waals surface area contributed by atoms with E-state index >= 15 is 0 Å². The molecule has 0 bridgehead atoms. The Morgan fingerprint density at radius 1 is 1.41 bits per heavy atom. The molecule has 0 aliphatic rings. The Hall–Kier alpha value is -1.81. The summed E-state index contributed by atoms with van der Waals surface area (Å²) in [6.45, 7) is 3.56. The third-order valence-corrected chi connectivity index (χ3v) is 2.92. The molecule has 0 radical (unpaired) electrons. The summed E-state index contributed by atoms with van der Waals surface area (Å²) < 4.78 is 4.72. The van der Waals surface area contributed by atoms with Crippen LogP contribution in [0.25, 0.3) is 0 Å². The highest BCUT2D eigenvalue weighted by Gasteiger charge is 2.14. The van der Waals surface area contributed by atoms with Crippen molar-refractivity contribution in [3.8, 4) is 0 Å². The van der Waals surface area contributed by atoms with Crippen molar-refractivity contribution in [1.82, 2.24) is 5.16 Å². The van der Waals surface area contributed by atoms with Gasteiger partial charge in [-0.05, 0) is 31.5 Å². The maximum Gasteiger partial charge on any atom is 0.260 e. The van der Waals surface area contributed by atoms with Crippen LogP contribution in [0.2, 0.25) is 5.02 Å². The maximum atomic E-state index is 11.9. The number of hydrogen-bond donors (Lipinski definition) is 1. The average Bonchev–Trinajstić information content (AvgIpc) is 2.71. The Balaban J connectivity index is 2.25. The lowest BCUT2D eigenvalue weighted by Gasteiger charge is -2.08. The van der Waals surface area contributed by atoms with Crippen LogP contribution < -0.4 is 5.32 Å². The third kappa shape index (κ3) is 2.31. The number of halogens is 1. The van der Waals surface area contributed by atoms with Gasteiger partial charge in [0.05, 0.1) is 5.69 Å². The van der Waals surface area contributed by atoms with Crippen LogP contribution >= 0.6 is 11.6 Å². The number of carbonyl (C=O) groups excluding carboxylic acids is 1. The summed E-state index contributed by atoms with van der Waals surface area (Å²) in [5.74, 6) is -0.255. The van der Waals surface area contributed by atoms with Gasteiger partial charge in [-0.25, -0.2) is 0 Å². The Morgan fingerprint density at radius 2 is 2.18 bits per heavy atom. The van der Waals surface area contributed by atoms with Crippen molar-refractivity contribution in [2.24, 2.45) is 0 Å². The van der Waals surface area contributed by atoms with Gasteiger partial charge in [0.2, 0.25) is 0 Å². The van der Waals surface area contributed by atoms with Crippen molar-refractivity contribution in [3.05, 3.63) is 46.3 Å². The van der Waals surface area contributed by atoms with Crippen molar-refractivity contribution in [2.75, 3.05) is 5.32 Å². The Bertz CT molecular complexity index is 563. The molecule has 2 rings (SSSR count). The number of nitrogens with one attached hydrogen (secondary N) is 1. The monoisotopic (exact) mass is 250 g/mol. The van der Waals surface area contributed by atoms with E-state index in [1.165, 1.54) is 6.26 Å². The number of hydrogen-bond acceptors (Lipinski definition) is 3. The van der Waals surface area contributed by atoms with Crippen LogP contribution in [0.5, 0.6) is 0 Å². The second kappa shape index (κ2) is 4.59. The number of benzene rings is 1. The van der Waals surface area contributed by atoms with Crippen LogP contribution in [0.3, 0.4) is 0 Å². The van der Waals surface area contributed by atoms with Gasteiger partial charge in [-0.2, -0.15) is 0 Å². The van der Waals surface area contributed by atoms with Crippen molar-refractivity contribution in [2.45, 2.75) is 13.8 Å². The molecule has 88 valence electrons. The predicted octanol–water partition coefficient (Wildman–Crippen LogP) is 3.20. The summed E-state index contributed by atoms with van der Waals surface area (Å²) in [5.41, 5.74) is 2.49. The number of carbonyl (C=O) groups is 1. The molecule has 5 heteroatoms. The minimum Gasteiger partial charge on any atom is -0.364 e. The first-order valence-electron chi connectivity index (χ1n) is 5.07. The Kier molecular flexibility index (Phi) is 3.15. The van der Waals surface area contributed by atoms with Crippen LogP contribution in [0.1, 0.15) is 21.6 Å². The summed E-state index contributed by atoms with van der Waals surface area (Å²) in [5, 5.41) is 7.04. The van der Waals surface area contributed by atoms with E-state index in [0.29, 0.717) is 22.0 Å². The first-order valence-corrected chi connectivity index (χ1v) is 5.45. The minimum absolute atomic E-state index is 0.255. The van der Waals surface area contributed by atoms with E-state index in [4.69, 9.17) is 16.1 Å². The van der Waals surface area contributed by atoms with E-state index in [1.807, 2.05) is 6.92 Å². The fraction of sp³-hybridized carbons (Fsp3) is 0.167. The molecule has 0 saturated carbocycles. The number of aromatic nitrogens is 1. The van der Waals surface area contributed by atoms with E-state index in [2.05, 4.69) is 10.5 Å². The van der Waals surface area contributed by atoms with E-state index in [-0.39, 0.29) is 5.91 Å². The molecule has 0 unspecified atom stereocenters. The zero-order valence-corrected chi connectivity index (χ0v) is 10.2. The zero-order valence-electron chi connectivity index (χ0n) is 9.45. The first kappa shape index (κ1) is 11.7. The van der Waals surface area contributed by atoms with Crippen molar-refractivity contribution in [3.63, 3.8) is 0 Å².